The molecule has 39 heavy (non-hydrogen) atoms. The van der Waals surface area contributed by atoms with Crippen molar-refractivity contribution in [3.8, 4) is 5.75 Å². The largest absolute Gasteiger partial charge is 0.496 e. The number of para-hydroxylation sites is 1. The molecule has 0 spiro atoms. The number of thiocarbonyl (C=S) groups is 1. The van der Waals surface area contributed by atoms with E-state index in [4.69, 9.17) is 17.0 Å². The zero-order valence-corrected chi connectivity index (χ0v) is 23.5. The van der Waals surface area contributed by atoms with Gasteiger partial charge in [0.1, 0.15) is 5.75 Å². The van der Waals surface area contributed by atoms with Crippen LogP contribution in [0.25, 0.3) is 0 Å². The molecule has 3 aromatic rings. The van der Waals surface area contributed by atoms with Gasteiger partial charge in [-0.3, -0.25) is 0 Å². The first-order chi connectivity index (χ1) is 18.1. The monoisotopic (exact) mass is 586 g/mol. The van der Waals surface area contributed by atoms with Crippen molar-refractivity contribution in [2.45, 2.75) is 39.2 Å². The molecule has 0 aliphatic rings. The summed E-state index contributed by atoms with van der Waals surface area (Å²) < 4.78 is 85.5. The number of hydrogen-bond donors (Lipinski definition) is 2. The number of rotatable bonds is 7. The predicted octanol–water partition coefficient (Wildman–Crippen LogP) is 7.57. The lowest BCUT2D eigenvalue weighted by Crippen LogP contribution is -2.48. The van der Waals surface area contributed by atoms with Gasteiger partial charge in [0.15, 0.2) is 5.11 Å². The van der Waals surface area contributed by atoms with Crippen LogP contribution in [0.5, 0.6) is 5.75 Å². The molecule has 210 valence electrons. The number of ether oxygens (including phenoxy) is 1. The maximum atomic E-state index is 13.3. The predicted molar refractivity (Wildman–Crippen MR) is 150 cm³/mol. The van der Waals surface area contributed by atoms with Gasteiger partial charge in [-0.15, -0.1) is 0 Å². The van der Waals surface area contributed by atoms with Crippen LogP contribution in [0.2, 0.25) is 0 Å². The lowest BCUT2D eigenvalue weighted by Gasteiger charge is -2.36. The van der Waals surface area contributed by atoms with Gasteiger partial charge in [-0.05, 0) is 61.3 Å². The highest BCUT2D eigenvalue weighted by Crippen LogP contribution is 2.41. The van der Waals surface area contributed by atoms with Crippen molar-refractivity contribution in [1.82, 2.24) is 5.32 Å². The molecule has 0 saturated heterocycles. The quantitative estimate of drug-likeness (QED) is 0.170. The van der Waals surface area contributed by atoms with Gasteiger partial charge in [0, 0.05) is 17.0 Å². The molecule has 1 unspecified atom stereocenters. The van der Waals surface area contributed by atoms with Crippen LogP contribution in [0.1, 0.15) is 31.9 Å². The lowest BCUT2D eigenvalue weighted by molar-refractivity contribution is -0.143. The van der Waals surface area contributed by atoms with Crippen molar-refractivity contribution in [3.63, 3.8) is 0 Å². The summed E-state index contributed by atoms with van der Waals surface area (Å²) in [6.07, 6.45) is -9.34. The van der Waals surface area contributed by atoms with Crippen molar-refractivity contribution in [2.75, 3.05) is 18.6 Å². The normalized spacial score (nSPS) is 13.9. The number of methoxy groups -OCH3 is 1. The Kier molecular flexibility index (Phi) is 9.55. The fraction of sp³-hybridized carbons (Fsp3) is 0.321. The smallest absolute Gasteiger partial charge is 0.416 e. The third-order valence-corrected chi connectivity index (χ3v) is 8.83. The molecule has 2 N–H and O–H groups in total. The van der Waals surface area contributed by atoms with Crippen LogP contribution in [0.4, 0.5) is 32.0 Å². The van der Waals surface area contributed by atoms with Gasteiger partial charge in [-0.2, -0.15) is 26.3 Å². The fourth-order valence-corrected chi connectivity index (χ4v) is 7.05. The van der Waals surface area contributed by atoms with E-state index in [0.29, 0.717) is 18.3 Å². The summed E-state index contributed by atoms with van der Waals surface area (Å²) in [6.45, 7) is 5.96. The minimum atomic E-state index is -4.96. The third-order valence-electron chi connectivity index (χ3n) is 6.01. The number of anilines is 1. The summed E-state index contributed by atoms with van der Waals surface area (Å²) in [7, 11) is 0.613. The van der Waals surface area contributed by atoms with Gasteiger partial charge in [-0.1, -0.05) is 69.3 Å². The zero-order valence-electron chi connectivity index (χ0n) is 21.7. The van der Waals surface area contributed by atoms with Crippen LogP contribution < -0.4 is 26.0 Å². The fourth-order valence-electron chi connectivity index (χ4n) is 3.87. The highest BCUT2D eigenvalue weighted by molar-refractivity contribution is 7.80. The summed E-state index contributed by atoms with van der Waals surface area (Å²) in [5.41, 5.74) is -3.62. The number of nitrogens with one attached hydrogen (secondary N) is 2. The number of alkyl halides is 6. The van der Waals surface area contributed by atoms with Crippen molar-refractivity contribution in [2.24, 2.45) is 5.41 Å². The molecule has 0 aliphatic heterocycles. The number of hydrogen-bond acceptors (Lipinski definition) is 2. The zero-order chi connectivity index (χ0) is 29.0. The minimum absolute atomic E-state index is 0.0783. The molecule has 0 heterocycles. The van der Waals surface area contributed by atoms with E-state index >= 15 is 0 Å². The lowest BCUT2D eigenvalue weighted by atomic mass is 9.88. The van der Waals surface area contributed by atoms with E-state index < -0.39 is 37.1 Å². The van der Waals surface area contributed by atoms with Crippen LogP contribution in [0.15, 0.2) is 72.8 Å². The average Bonchev–Trinajstić information content (AvgIpc) is 2.85. The molecule has 0 aliphatic carbocycles. The molecular weight excluding hydrogens is 557 g/mol. The number of halogens is 6. The summed E-state index contributed by atoms with van der Waals surface area (Å²) in [4.78, 5) is 0. The highest BCUT2D eigenvalue weighted by atomic mass is 32.1. The molecule has 3 nitrogen and oxygen atoms in total. The number of benzene rings is 3. The second kappa shape index (κ2) is 12.1. The Labute approximate surface area is 230 Å². The molecule has 11 heteroatoms. The van der Waals surface area contributed by atoms with E-state index in [-0.39, 0.29) is 22.6 Å². The first-order valence-corrected chi connectivity index (χ1v) is 13.9. The van der Waals surface area contributed by atoms with Gasteiger partial charge >= 0.3 is 12.4 Å². The van der Waals surface area contributed by atoms with E-state index in [0.717, 1.165) is 16.4 Å². The topological polar surface area (TPSA) is 33.3 Å². The van der Waals surface area contributed by atoms with E-state index in [2.05, 4.69) is 10.6 Å². The van der Waals surface area contributed by atoms with E-state index in [1.165, 1.54) is 0 Å². The Hall–Kier alpha value is -2.84. The van der Waals surface area contributed by atoms with E-state index in [1.54, 1.807) is 7.11 Å². The van der Waals surface area contributed by atoms with Crippen LogP contribution in [-0.2, 0) is 12.4 Å². The van der Waals surface area contributed by atoms with Gasteiger partial charge in [0.25, 0.3) is 0 Å². The Bertz CT molecular complexity index is 1240. The maximum Gasteiger partial charge on any atom is 0.416 e. The van der Waals surface area contributed by atoms with Crippen LogP contribution in [0, 0.1) is 5.41 Å². The molecular formula is C28H29F6N2OPS. The van der Waals surface area contributed by atoms with Gasteiger partial charge in [0.2, 0.25) is 0 Å². The third kappa shape index (κ3) is 8.32. The molecule has 0 amide bonds. The molecule has 0 aromatic heterocycles. The van der Waals surface area contributed by atoms with Crippen molar-refractivity contribution < 1.29 is 31.1 Å². The second-order valence-electron chi connectivity index (χ2n) is 9.93. The molecule has 2 atom stereocenters. The second-order valence-corrected chi connectivity index (χ2v) is 12.6. The maximum absolute atomic E-state index is 13.3. The molecule has 3 aromatic carbocycles. The molecule has 0 saturated carbocycles. The molecule has 3 rings (SSSR count). The minimum Gasteiger partial charge on any atom is -0.496 e. The Balaban J connectivity index is 1.93. The molecule has 0 fully saturated rings. The van der Waals surface area contributed by atoms with Crippen molar-refractivity contribution >= 4 is 41.5 Å². The van der Waals surface area contributed by atoms with Crippen LogP contribution >= 0.6 is 20.1 Å². The van der Waals surface area contributed by atoms with Crippen molar-refractivity contribution in [3.05, 3.63) is 83.9 Å². The molecule has 0 radical (unpaired) electrons. The van der Waals surface area contributed by atoms with Gasteiger partial charge in [0.05, 0.1) is 18.2 Å². The van der Waals surface area contributed by atoms with Gasteiger partial charge < -0.3 is 15.4 Å². The first kappa shape index (κ1) is 30.7. The summed E-state index contributed by atoms with van der Waals surface area (Å²) in [6, 6.07) is 18.5. The van der Waals surface area contributed by atoms with E-state index in [9.17, 15) is 26.3 Å². The van der Waals surface area contributed by atoms with Gasteiger partial charge in [-0.25, -0.2) is 0 Å². The molecule has 0 bridgehead atoms. The van der Waals surface area contributed by atoms with Crippen molar-refractivity contribution in [1.29, 1.82) is 0 Å². The first-order valence-electron chi connectivity index (χ1n) is 11.9. The van der Waals surface area contributed by atoms with E-state index in [1.807, 2.05) is 75.4 Å². The Morgan fingerprint density at radius 3 is 1.90 bits per heavy atom. The summed E-state index contributed by atoms with van der Waals surface area (Å²) in [5, 5.41) is 7.72. The Morgan fingerprint density at radius 2 is 1.38 bits per heavy atom. The standard InChI is InChI=1S/C28H29F6N2OPS/c1-26(2,3)24(17-38(21-10-6-5-7-11-21)23-13-9-8-12-22(23)37-4)36-25(39)35-20-15-18(27(29,30)31)14-19(16-20)28(32,33)34/h5-16,24H,17H2,1-4H3,(H2,35,36,39)/t24-,38?/m1/s1. The Morgan fingerprint density at radius 1 is 0.846 bits per heavy atom. The summed E-state index contributed by atoms with van der Waals surface area (Å²) in [5.74, 6) is 0.726. The average molecular weight is 587 g/mol. The summed E-state index contributed by atoms with van der Waals surface area (Å²) >= 11 is 5.39. The highest BCUT2D eigenvalue weighted by Gasteiger charge is 2.37. The van der Waals surface area contributed by atoms with Crippen LogP contribution in [-0.4, -0.2) is 24.4 Å². The SMILES string of the molecule is COc1ccccc1P(C[C@@H](NC(=S)Nc1cc(C(F)(F)F)cc(C(F)(F)F)c1)C(C)(C)C)c1ccccc1. The van der Waals surface area contributed by atoms with Crippen LogP contribution in [0.3, 0.4) is 0 Å².